The summed E-state index contributed by atoms with van der Waals surface area (Å²) in [4.78, 5) is 23.9. The van der Waals surface area contributed by atoms with Gasteiger partial charge in [0.1, 0.15) is 5.60 Å². The number of halogens is 3. The molecule has 0 bridgehead atoms. The molecule has 11 heteroatoms. The number of rotatable bonds is 7. The van der Waals surface area contributed by atoms with Gasteiger partial charge in [-0.05, 0) is 82.0 Å². The summed E-state index contributed by atoms with van der Waals surface area (Å²) in [6.07, 6.45) is -2.79. The topological polar surface area (TPSA) is 107 Å². The van der Waals surface area contributed by atoms with E-state index >= 15 is 0 Å². The van der Waals surface area contributed by atoms with E-state index in [4.69, 9.17) is 10.5 Å². The third kappa shape index (κ3) is 7.32. The van der Waals surface area contributed by atoms with Crippen LogP contribution in [0.15, 0.2) is 53.4 Å². The Kier molecular flexibility index (Phi) is 8.38. The fourth-order valence-corrected chi connectivity index (χ4v) is 5.99. The minimum absolute atomic E-state index is 0.103. The van der Waals surface area contributed by atoms with E-state index < -0.39 is 51.2 Å². The molecule has 37 heavy (non-hydrogen) atoms. The number of hydrogen-bond acceptors (Lipinski definition) is 5. The fourth-order valence-electron chi connectivity index (χ4n) is 4.34. The van der Waals surface area contributed by atoms with Gasteiger partial charge < -0.3 is 10.5 Å². The molecule has 0 saturated heterocycles. The number of primary amides is 1. The molecule has 202 valence electrons. The smallest absolute Gasteiger partial charge is 0.416 e. The van der Waals surface area contributed by atoms with Crippen molar-refractivity contribution in [1.29, 1.82) is 0 Å². The molecule has 1 aliphatic carbocycles. The molecular formula is C26H31F3N2O5S. The van der Waals surface area contributed by atoms with Crippen molar-refractivity contribution in [2.45, 2.75) is 75.7 Å². The van der Waals surface area contributed by atoms with Crippen molar-refractivity contribution in [3.05, 3.63) is 65.2 Å². The fraction of sp³-hybridized carbons (Fsp3) is 0.462. The Morgan fingerprint density at radius 2 is 1.59 bits per heavy atom. The van der Waals surface area contributed by atoms with Crippen molar-refractivity contribution in [3.63, 3.8) is 0 Å². The zero-order valence-electron chi connectivity index (χ0n) is 20.9. The van der Waals surface area contributed by atoms with Crippen molar-refractivity contribution in [1.82, 2.24) is 4.31 Å². The van der Waals surface area contributed by atoms with E-state index in [1.165, 1.54) is 16.4 Å². The summed E-state index contributed by atoms with van der Waals surface area (Å²) in [6, 6.07) is 8.86. The summed E-state index contributed by atoms with van der Waals surface area (Å²) in [5, 5.41) is 0. The number of carbonyl (C=O) groups excluding carboxylic acids is 2. The molecule has 1 fully saturated rings. The van der Waals surface area contributed by atoms with Gasteiger partial charge in [0.05, 0.1) is 16.4 Å². The predicted molar refractivity (Wildman–Crippen MR) is 131 cm³/mol. The van der Waals surface area contributed by atoms with Crippen LogP contribution in [-0.4, -0.2) is 36.2 Å². The van der Waals surface area contributed by atoms with Crippen molar-refractivity contribution < 1.29 is 35.9 Å². The van der Waals surface area contributed by atoms with Gasteiger partial charge in [0.15, 0.2) is 0 Å². The zero-order chi connectivity index (χ0) is 27.6. The van der Waals surface area contributed by atoms with Crippen LogP contribution >= 0.6 is 0 Å². The highest BCUT2D eigenvalue weighted by Gasteiger charge is 2.39. The maximum atomic E-state index is 13.7. The second kappa shape index (κ2) is 10.8. The molecule has 1 saturated carbocycles. The molecule has 2 aromatic rings. The maximum Gasteiger partial charge on any atom is 0.416 e. The summed E-state index contributed by atoms with van der Waals surface area (Å²) >= 11 is 0. The molecule has 1 amide bonds. The van der Waals surface area contributed by atoms with Crippen LogP contribution in [0.2, 0.25) is 0 Å². The number of sulfonamides is 1. The maximum absolute atomic E-state index is 13.7. The van der Waals surface area contributed by atoms with Crippen LogP contribution in [0.4, 0.5) is 13.2 Å². The lowest BCUT2D eigenvalue weighted by Crippen LogP contribution is -2.44. The second-order valence-corrected chi connectivity index (χ2v) is 12.1. The third-order valence-electron chi connectivity index (χ3n) is 6.16. The minimum atomic E-state index is -4.60. The SMILES string of the molecule is CC(C)(C)OC(=O)C1CCCC(N(Cc2ccc(C(N)=O)cc2)S(=O)(=O)c2ccc(C(F)(F)F)cc2)C1. The van der Waals surface area contributed by atoms with E-state index in [1.54, 1.807) is 32.9 Å². The van der Waals surface area contributed by atoms with Crippen LogP contribution in [0.5, 0.6) is 0 Å². The average molecular weight is 541 g/mol. The molecule has 0 spiro atoms. The number of amides is 1. The summed E-state index contributed by atoms with van der Waals surface area (Å²) in [5.74, 6) is -1.55. The first kappa shape index (κ1) is 28.6. The van der Waals surface area contributed by atoms with Gasteiger partial charge in [-0.1, -0.05) is 18.6 Å². The number of esters is 1. The quantitative estimate of drug-likeness (QED) is 0.503. The second-order valence-electron chi connectivity index (χ2n) is 10.2. The van der Waals surface area contributed by atoms with Crippen LogP contribution in [-0.2, 0) is 32.3 Å². The minimum Gasteiger partial charge on any atom is -0.460 e. The molecule has 2 aromatic carbocycles. The number of benzene rings is 2. The Labute approximate surface area is 214 Å². The van der Waals surface area contributed by atoms with Crippen LogP contribution in [0.3, 0.4) is 0 Å². The molecule has 7 nitrogen and oxygen atoms in total. The van der Waals surface area contributed by atoms with E-state index in [2.05, 4.69) is 0 Å². The van der Waals surface area contributed by atoms with E-state index in [1.807, 2.05) is 0 Å². The first-order valence-electron chi connectivity index (χ1n) is 11.9. The van der Waals surface area contributed by atoms with Crippen molar-refractivity contribution >= 4 is 21.9 Å². The number of alkyl halides is 3. The first-order valence-corrected chi connectivity index (χ1v) is 13.3. The Morgan fingerprint density at radius 3 is 2.11 bits per heavy atom. The first-order chi connectivity index (χ1) is 17.1. The average Bonchev–Trinajstić information content (AvgIpc) is 2.81. The zero-order valence-corrected chi connectivity index (χ0v) is 21.7. The van der Waals surface area contributed by atoms with E-state index in [-0.39, 0.29) is 23.4 Å². The largest absolute Gasteiger partial charge is 0.460 e. The van der Waals surface area contributed by atoms with Gasteiger partial charge in [0, 0.05) is 18.2 Å². The molecule has 2 N–H and O–H groups in total. The molecule has 0 aliphatic heterocycles. The number of ether oxygens (including phenoxy) is 1. The Balaban J connectivity index is 1.96. The molecule has 0 radical (unpaired) electrons. The van der Waals surface area contributed by atoms with Crippen LogP contribution in [0, 0.1) is 5.92 Å². The molecular weight excluding hydrogens is 509 g/mol. The lowest BCUT2D eigenvalue weighted by molar-refractivity contribution is -0.161. The number of hydrogen-bond donors (Lipinski definition) is 1. The van der Waals surface area contributed by atoms with Crippen LogP contribution < -0.4 is 5.73 Å². The summed E-state index contributed by atoms with van der Waals surface area (Å²) in [6.45, 7) is 5.15. The summed E-state index contributed by atoms with van der Waals surface area (Å²) in [7, 11) is -4.25. The normalized spacial score (nSPS) is 19.0. The summed E-state index contributed by atoms with van der Waals surface area (Å²) < 4.78 is 73.3. The number of nitrogens with zero attached hydrogens (tertiary/aromatic N) is 1. The van der Waals surface area contributed by atoms with Gasteiger partial charge in [-0.25, -0.2) is 8.42 Å². The van der Waals surface area contributed by atoms with Gasteiger partial charge in [-0.2, -0.15) is 17.5 Å². The standard InChI is InChI=1S/C26H31F3N2O5S/c1-25(2,3)36-24(33)19-5-4-6-21(15-19)31(16-17-7-9-18(10-8-17)23(30)32)37(34,35)22-13-11-20(12-14-22)26(27,28)29/h7-14,19,21H,4-6,15-16H2,1-3H3,(H2,30,32). The van der Waals surface area contributed by atoms with Gasteiger partial charge in [0.2, 0.25) is 15.9 Å². The number of nitrogens with two attached hydrogens (primary N) is 1. The van der Waals surface area contributed by atoms with E-state index in [0.29, 0.717) is 24.8 Å². The van der Waals surface area contributed by atoms with Gasteiger partial charge >= 0.3 is 12.1 Å². The van der Waals surface area contributed by atoms with Gasteiger partial charge in [0.25, 0.3) is 0 Å². The Bertz CT molecular complexity index is 1220. The van der Waals surface area contributed by atoms with Crippen LogP contribution in [0.25, 0.3) is 0 Å². The number of carbonyl (C=O) groups is 2. The molecule has 2 unspecified atom stereocenters. The Morgan fingerprint density at radius 1 is 1.00 bits per heavy atom. The van der Waals surface area contributed by atoms with Crippen LogP contribution in [0.1, 0.15) is 67.9 Å². The highest BCUT2D eigenvalue weighted by Crippen LogP contribution is 2.35. The van der Waals surface area contributed by atoms with E-state index in [0.717, 1.165) is 24.3 Å². The summed E-state index contributed by atoms with van der Waals surface area (Å²) in [5.41, 5.74) is 4.44. The Hall–Kier alpha value is -2.92. The monoisotopic (exact) mass is 540 g/mol. The van der Waals surface area contributed by atoms with Crippen molar-refractivity contribution in [3.8, 4) is 0 Å². The van der Waals surface area contributed by atoms with E-state index in [9.17, 15) is 31.2 Å². The van der Waals surface area contributed by atoms with Crippen molar-refractivity contribution in [2.24, 2.45) is 11.7 Å². The van der Waals surface area contributed by atoms with Gasteiger partial charge in [-0.3, -0.25) is 9.59 Å². The highest BCUT2D eigenvalue weighted by atomic mass is 32.2. The molecule has 3 rings (SSSR count). The lowest BCUT2D eigenvalue weighted by atomic mass is 9.85. The van der Waals surface area contributed by atoms with Crippen molar-refractivity contribution in [2.75, 3.05) is 0 Å². The molecule has 1 aliphatic rings. The lowest BCUT2D eigenvalue weighted by Gasteiger charge is -2.37. The highest BCUT2D eigenvalue weighted by molar-refractivity contribution is 7.89. The molecule has 2 atom stereocenters. The van der Waals surface area contributed by atoms with Gasteiger partial charge in [-0.15, -0.1) is 0 Å². The molecule has 0 aromatic heterocycles. The molecule has 0 heterocycles. The third-order valence-corrected chi connectivity index (χ3v) is 8.07. The predicted octanol–water partition coefficient (Wildman–Crippen LogP) is 4.90.